The van der Waals surface area contributed by atoms with Gasteiger partial charge < -0.3 is 4.57 Å². The third kappa shape index (κ3) is 5.56. The van der Waals surface area contributed by atoms with Crippen molar-refractivity contribution in [2.75, 3.05) is 20.1 Å². The molecule has 20 heavy (non-hydrogen) atoms. The lowest BCUT2D eigenvalue weighted by atomic mass is 10.2. The van der Waals surface area contributed by atoms with Crippen LogP contribution in [0.2, 0.25) is 0 Å². The highest BCUT2D eigenvalue weighted by atomic mass is 19.4. The lowest BCUT2D eigenvalue weighted by Crippen LogP contribution is -2.35. The molecule has 0 bridgehead atoms. The first kappa shape index (κ1) is 18.4. The maximum absolute atomic E-state index is 12.1. The number of alkyl halides is 3. The smallest absolute Gasteiger partial charge is 0.314 e. The second-order valence-corrected chi connectivity index (χ2v) is 4.33. The summed E-state index contributed by atoms with van der Waals surface area (Å²) in [7, 11) is 1.33. The molecule has 0 fully saturated rings. The van der Waals surface area contributed by atoms with Crippen LogP contribution in [0.25, 0.3) is 0 Å². The minimum absolute atomic E-state index is 0. The number of carbonyl (C=O) groups excluding carboxylic acids is 1. The van der Waals surface area contributed by atoms with E-state index in [-0.39, 0.29) is 31.9 Å². The highest BCUT2D eigenvalue weighted by molar-refractivity contribution is 5.93. The lowest BCUT2D eigenvalue weighted by molar-refractivity contribution is -0.143. The van der Waals surface area contributed by atoms with Crippen molar-refractivity contribution in [1.29, 1.82) is 0 Å². The van der Waals surface area contributed by atoms with Crippen molar-refractivity contribution in [3.05, 3.63) is 34.2 Å². The summed E-state index contributed by atoms with van der Waals surface area (Å²) in [5, 5.41) is 0. The number of nitrogens with zero attached hydrogens (tertiary/aromatic N) is 2. The molecular weight excluding hydrogens is 273 g/mol. The van der Waals surface area contributed by atoms with Crippen LogP contribution >= 0.6 is 0 Å². The van der Waals surface area contributed by atoms with Gasteiger partial charge in [0.1, 0.15) is 0 Å². The minimum Gasteiger partial charge on any atom is -0.314 e. The van der Waals surface area contributed by atoms with Crippen LogP contribution in [-0.2, 0) is 6.54 Å². The van der Waals surface area contributed by atoms with Crippen molar-refractivity contribution in [1.82, 2.24) is 9.47 Å². The van der Waals surface area contributed by atoms with Crippen molar-refractivity contribution in [2.24, 2.45) is 0 Å². The summed E-state index contributed by atoms with van der Waals surface area (Å²) in [6, 6.07) is 2.93. The van der Waals surface area contributed by atoms with E-state index < -0.39 is 18.3 Å². The van der Waals surface area contributed by atoms with Gasteiger partial charge in [-0.15, -0.1) is 0 Å². The highest BCUT2D eigenvalue weighted by Crippen LogP contribution is 2.15. The molecule has 7 heteroatoms. The number of hydrogen-bond acceptors (Lipinski definition) is 3. The van der Waals surface area contributed by atoms with E-state index in [1.165, 1.54) is 36.9 Å². The molecule has 114 valence electrons. The summed E-state index contributed by atoms with van der Waals surface area (Å²) >= 11 is 0. The minimum atomic E-state index is -4.26. The SMILES string of the molecule is C.CC(=O)c1cccn(CCN(C)CC(F)(F)F)c1=O. The molecule has 0 unspecified atom stereocenters. The van der Waals surface area contributed by atoms with E-state index in [9.17, 15) is 22.8 Å². The molecule has 0 atom stereocenters. The highest BCUT2D eigenvalue weighted by Gasteiger charge is 2.28. The molecular formula is C13H19F3N2O2. The molecule has 1 heterocycles. The fourth-order valence-corrected chi connectivity index (χ4v) is 1.64. The maximum atomic E-state index is 12.1. The Morgan fingerprint density at radius 1 is 1.40 bits per heavy atom. The Labute approximate surface area is 115 Å². The molecule has 0 N–H and O–H groups in total. The van der Waals surface area contributed by atoms with E-state index >= 15 is 0 Å². The van der Waals surface area contributed by atoms with Crippen LogP contribution in [0.4, 0.5) is 13.2 Å². The first-order chi connectivity index (χ1) is 8.70. The molecule has 1 rings (SSSR count). The fraction of sp³-hybridized carbons (Fsp3) is 0.538. The van der Waals surface area contributed by atoms with Crippen LogP contribution in [0.15, 0.2) is 23.1 Å². The zero-order chi connectivity index (χ0) is 14.6. The first-order valence-corrected chi connectivity index (χ1v) is 5.66. The van der Waals surface area contributed by atoms with Crippen LogP contribution in [-0.4, -0.2) is 41.6 Å². The molecule has 0 amide bonds. The Kier molecular flexibility index (Phi) is 6.64. The largest absolute Gasteiger partial charge is 0.401 e. The van der Waals surface area contributed by atoms with Crippen LogP contribution in [0.5, 0.6) is 0 Å². The molecule has 4 nitrogen and oxygen atoms in total. The van der Waals surface area contributed by atoms with Gasteiger partial charge in [-0.2, -0.15) is 13.2 Å². The van der Waals surface area contributed by atoms with Gasteiger partial charge in [-0.25, -0.2) is 0 Å². The number of pyridine rings is 1. The van der Waals surface area contributed by atoms with Gasteiger partial charge in [-0.3, -0.25) is 14.5 Å². The lowest BCUT2D eigenvalue weighted by Gasteiger charge is -2.19. The van der Waals surface area contributed by atoms with Gasteiger partial charge in [-0.05, 0) is 26.1 Å². The predicted molar refractivity (Wildman–Crippen MR) is 71.0 cm³/mol. The predicted octanol–water partition coefficient (Wildman–Crippen LogP) is 2.18. The van der Waals surface area contributed by atoms with E-state index in [1.54, 1.807) is 0 Å². The van der Waals surface area contributed by atoms with Gasteiger partial charge in [0.05, 0.1) is 12.1 Å². The van der Waals surface area contributed by atoms with E-state index in [0.717, 1.165) is 4.90 Å². The number of hydrogen-bond donors (Lipinski definition) is 0. The van der Waals surface area contributed by atoms with Crippen molar-refractivity contribution in [3.63, 3.8) is 0 Å². The van der Waals surface area contributed by atoms with Gasteiger partial charge >= 0.3 is 6.18 Å². The molecule has 0 aliphatic heterocycles. The zero-order valence-corrected chi connectivity index (χ0v) is 10.7. The Hall–Kier alpha value is -1.63. The van der Waals surface area contributed by atoms with Gasteiger partial charge in [0, 0.05) is 19.3 Å². The topological polar surface area (TPSA) is 42.3 Å². The zero-order valence-electron chi connectivity index (χ0n) is 10.7. The quantitative estimate of drug-likeness (QED) is 0.781. The maximum Gasteiger partial charge on any atom is 0.401 e. The third-order valence-corrected chi connectivity index (χ3v) is 2.57. The number of rotatable bonds is 5. The summed E-state index contributed by atoms with van der Waals surface area (Å²) < 4.78 is 37.6. The Bertz CT molecular complexity index is 509. The second-order valence-electron chi connectivity index (χ2n) is 4.33. The molecule has 0 aliphatic carbocycles. The number of likely N-dealkylation sites (N-methyl/N-ethyl adjacent to an activating group) is 1. The van der Waals surface area contributed by atoms with Crippen LogP contribution in [0.3, 0.4) is 0 Å². The molecule has 0 aromatic carbocycles. The van der Waals surface area contributed by atoms with Crippen LogP contribution in [0, 0.1) is 0 Å². The van der Waals surface area contributed by atoms with E-state index in [0.29, 0.717) is 0 Å². The first-order valence-electron chi connectivity index (χ1n) is 5.66. The molecule has 1 aromatic heterocycles. The Balaban J connectivity index is 0.00000361. The van der Waals surface area contributed by atoms with Crippen molar-refractivity contribution in [3.8, 4) is 0 Å². The number of carbonyl (C=O) groups is 1. The Morgan fingerprint density at radius 2 is 2.00 bits per heavy atom. The molecule has 0 saturated carbocycles. The molecule has 0 saturated heterocycles. The summed E-state index contributed by atoms with van der Waals surface area (Å²) in [6.07, 6.45) is -2.81. The van der Waals surface area contributed by atoms with Crippen molar-refractivity contribution < 1.29 is 18.0 Å². The average Bonchev–Trinajstić information content (AvgIpc) is 2.24. The fourth-order valence-electron chi connectivity index (χ4n) is 1.64. The summed E-state index contributed by atoms with van der Waals surface area (Å²) in [4.78, 5) is 24.1. The van der Waals surface area contributed by atoms with Gasteiger partial charge in [0.15, 0.2) is 5.78 Å². The number of Topliss-reactive ketones (excluding diaryl/α,β-unsaturated/α-hetero) is 1. The molecule has 0 spiro atoms. The van der Waals surface area contributed by atoms with Gasteiger partial charge in [-0.1, -0.05) is 7.43 Å². The van der Waals surface area contributed by atoms with E-state index in [4.69, 9.17) is 0 Å². The monoisotopic (exact) mass is 292 g/mol. The van der Waals surface area contributed by atoms with Crippen LogP contribution in [0.1, 0.15) is 24.7 Å². The standard InChI is InChI=1S/C12H15F3N2O2.CH4/c1-9(18)10-4-3-5-17(11(10)19)7-6-16(2)8-12(13,14)15;/h3-5H,6-8H2,1-2H3;1H4. The van der Waals surface area contributed by atoms with Gasteiger partial charge in [0.2, 0.25) is 0 Å². The molecule has 0 aliphatic rings. The van der Waals surface area contributed by atoms with Crippen molar-refractivity contribution >= 4 is 5.78 Å². The number of halogens is 3. The third-order valence-electron chi connectivity index (χ3n) is 2.57. The van der Waals surface area contributed by atoms with Crippen LogP contribution < -0.4 is 5.56 Å². The summed E-state index contributed by atoms with van der Waals surface area (Å²) in [5.74, 6) is -0.358. The van der Waals surface area contributed by atoms with Crippen molar-refractivity contribution in [2.45, 2.75) is 27.1 Å². The van der Waals surface area contributed by atoms with E-state index in [2.05, 4.69) is 0 Å². The Morgan fingerprint density at radius 3 is 2.50 bits per heavy atom. The normalized spacial score (nSPS) is 11.3. The average molecular weight is 292 g/mol. The second kappa shape index (κ2) is 7.23. The molecule has 1 aromatic rings. The van der Waals surface area contributed by atoms with E-state index in [1.807, 2.05) is 0 Å². The summed E-state index contributed by atoms with van der Waals surface area (Å²) in [6.45, 7) is 0.415. The number of aromatic nitrogens is 1. The summed E-state index contributed by atoms with van der Waals surface area (Å²) in [5.41, 5.74) is -0.434. The number of ketones is 1. The molecule has 0 radical (unpaired) electrons. The van der Waals surface area contributed by atoms with Gasteiger partial charge in [0.25, 0.3) is 5.56 Å².